The second-order valence-corrected chi connectivity index (χ2v) is 9.54. The number of piperidine rings is 1. The average molecular weight is 384 g/mol. The van der Waals surface area contributed by atoms with Gasteiger partial charge in [-0.3, -0.25) is 14.8 Å². The molecule has 1 aliphatic heterocycles. The van der Waals surface area contributed by atoms with Crippen molar-refractivity contribution < 1.29 is 0 Å². The highest BCUT2D eigenvalue weighted by Crippen LogP contribution is 2.25. The van der Waals surface area contributed by atoms with Crippen molar-refractivity contribution in [2.45, 2.75) is 77.8 Å². The molecule has 3 heterocycles. The Morgan fingerprint density at radius 1 is 1.14 bits per heavy atom. The third kappa shape index (κ3) is 4.22. The summed E-state index contributed by atoms with van der Waals surface area (Å²) in [6, 6.07) is 3.54. The van der Waals surface area contributed by atoms with Gasteiger partial charge in [-0.25, -0.2) is 4.68 Å². The summed E-state index contributed by atoms with van der Waals surface area (Å²) in [6.07, 6.45) is 7.12. The van der Waals surface area contributed by atoms with Gasteiger partial charge in [0.05, 0.1) is 11.4 Å². The van der Waals surface area contributed by atoms with E-state index in [0.29, 0.717) is 5.92 Å². The molecule has 6 heteroatoms. The van der Waals surface area contributed by atoms with Gasteiger partial charge in [-0.05, 0) is 69.2 Å². The fourth-order valence-electron chi connectivity index (χ4n) is 4.44. The molecule has 0 saturated carbocycles. The third-order valence-corrected chi connectivity index (χ3v) is 6.29. The topological polar surface area (TPSA) is 66.8 Å². The van der Waals surface area contributed by atoms with E-state index in [-0.39, 0.29) is 11.0 Å². The summed E-state index contributed by atoms with van der Waals surface area (Å²) < 4.78 is 1.69. The Morgan fingerprint density at radius 3 is 2.64 bits per heavy atom. The molecular formula is C22H33N5O. The summed E-state index contributed by atoms with van der Waals surface area (Å²) in [6.45, 7) is 10.2. The molecule has 1 saturated heterocycles. The molecule has 0 amide bonds. The molecule has 1 fully saturated rings. The number of nitrogens with one attached hydrogen (secondary N) is 1. The average Bonchev–Trinajstić information content (AvgIpc) is 3.07. The van der Waals surface area contributed by atoms with Crippen LogP contribution in [0.15, 0.2) is 16.9 Å². The predicted octanol–water partition coefficient (Wildman–Crippen LogP) is 3.05. The molecule has 0 aromatic carbocycles. The molecule has 0 bridgehead atoms. The smallest absolute Gasteiger partial charge is 0.266 e. The molecule has 0 radical (unpaired) electrons. The first-order chi connectivity index (χ1) is 13.4. The molecule has 28 heavy (non-hydrogen) atoms. The highest BCUT2D eigenvalue weighted by Gasteiger charge is 2.24. The maximum absolute atomic E-state index is 12.3. The molecule has 2 aromatic heterocycles. The molecule has 4 rings (SSSR count). The molecule has 6 nitrogen and oxygen atoms in total. The fourth-order valence-corrected chi connectivity index (χ4v) is 4.44. The monoisotopic (exact) mass is 383 g/mol. The fraction of sp³-hybridized carbons (Fsp3) is 0.682. The number of hydrogen-bond donors (Lipinski definition) is 1. The van der Waals surface area contributed by atoms with Crippen LogP contribution in [-0.2, 0) is 31.3 Å². The van der Waals surface area contributed by atoms with Crippen LogP contribution in [0.5, 0.6) is 0 Å². The van der Waals surface area contributed by atoms with E-state index in [9.17, 15) is 4.79 Å². The standard InChI is InChI=1S/C22H33N5O/c1-22(2,3)20-8-9-21(28)27(25-20)14-16-10-12-26(13-11-16)15-19-17-6-4-5-7-18(17)23-24-19/h8-9,16H,4-7,10-15H2,1-3H3,(H,23,24). The molecule has 0 unspecified atom stereocenters. The van der Waals surface area contributed by atoms with Gasteiger partial charge in [-0.15, -0.1) is 0 Å². The van der Waals surface area contributed by atoms with E-state index in [1.807, 2.05) is 6.07 Å². The van der Waals surface area contributed by atoms with E-state index < -0.39 is 0 Å². The lowest BCUT2D eigenvalue weighted by molar-refractivity contribution is 0.161. The minimum atomic E-state index is -0.0402. The molecule has 152 valence electrons. The van der Waals surface area contributed by atoms with Crippen LogP contribution < -0.4 is 5.56 Å². The quantitative estimate of drug-likeness (QED) is 0.881. The highest BCUT2D eigenvalue weighted by molar-refractivity contribution is 5.27. The number of aryl methyl sites for hydroxylation is 1. The molecule has 2 aromatic rings. The highest BCUT2D eigenvalue weighted by atomic mass is 16.1. The maximum Gasteiger partial charge on any atom is 0.266 e. The van der Waals surface area contributed by atoms with Crippen LogP contribution in [0.3, 0.4) is 0 Å². The van der Waals surface area contributed by atoms with E-state index in [4.69, 9.17) is 0 Å². The normalized spacial score (nSPS) is 19.0. The summed E-state index contributed by atoms with van der Waals surface area (Å²) >= 11 is 0. The van der Waals surface area contributed by atoms with E-state index in [1.165, 1.54) is 36.2 Å². The SMILES string of the molecule is CC(C)(C)c1ccc(=O)n(CC2CCN(Cc3n[nH]c4c3CCCC4)CC2)n1. The summed E-state index contributed by atoms with van der Waals surface area (Å²) in [5.74, 6) is 0.518. The Labute approximate surface area is 167 Å². The first-order valence-corrected chi connectivity index (χ1v) is 10.8. The Bertz CT molecular complexity index is 868. The minimum Gasteiger partial charge on any atom is -0.297 e. The van der Waals surface area contributed by atoms with E-state index in [1.54, 1.807) is 10.7 Å². The largest absolute Gasteiger partial charge is 0.297 e. The maximum atomic E-state index is 12.3. The van der Waals surface area contributed by atoms with Crippen LogP contribution in [-0.4, -0.2) is 38.0 Å². The molecule has 0 atom stereocenters. The zero-order valence-electron chi connectivity index (χ0n) is 17.5. The van der Waals surface area contributed by atoms with E-state index in [0.717, 1.165) is 51.1 Å². The van der Waals surface area contributed by atoms with Gasteiger partial charge >= 0.3 is 0 Å². The number of aromatic amines is 1. The van der Waals surface area contributed by atoms with Crippen molar-refractivity contribution in [3.05, 3.63) is 45.1 Å². The van der Waals surface area contributed by atoms with Gasteiger partial charge in [-0.2, -0.15) is 10.2 Å². The van der Waals surface area contributed by atoms with Crippen LogP contribution in [0.25, 0.3) is 0 Å². The molecule has 2 aliphatic rings. The minimum absolute atomic E-state index is 0.0126. The van der Waals surface area contributed by atoms with Crippen molar-refractivity contribution in [3.63, 3.8) is 0 Å². The van der Waals surface area contributed by atoms with Gasteiger partial charge < -0.3 is 0 Å². The Kier molecular flexibility index (Phi) is 5.41. The number of H-pyrrole nitrogens is 1. The lowest BCUT2D eigenvalue weighted by Crippen LogP contribution is -2.37. The van der Waals surface area contributed by atoms with Crippen LogP contribution in [0.4, 0.5) is 0 Å². The molecule has 1 N–H and O–H groups in total. The predicted molar refractivity (Wildman–Crippen MR) is 110 cm³/mol. The molecule has 0 spiro atoms. The van der Waals surface area contributed by atoms with Gasteiger partial charge in [0.15, 0.2) is 0 Å². The Morgan fingerprint density at radius 2 is 1.89 bits per heavy atom. The Hall–Kier alpha value is -1.95. The summed E-state index contributed by atoms with van der Waals surface area (Å²) in [4.78, 5) is 14.8. The zero-order chi connectivity index (χ0) is 19.7. The van der Waals surface area contributed by atoms with Gasteiger partial charge in [0.25, 0.3) is 5.56 Å². The number of hydrogen-bond acceptors (Lipinski definition) is 4. The number of likely N-dealkylation sites (tertiary alicyclic amines) is 1. The van der Waals surface area contributed by atoms with Crippen molar-refractivity contribution in [2.75, 3.05) is 13.1 Å². The third-order valence-electron chi connectivity index (χ3n) is 6.29. The summed E-state index contributed by atoms with van der Waals surface area (Å²) in [7, 11) is 0. The Balaban J connectivity index is 1.35. The number of rotatable bonds is 4. The van der Waals surface area contributed by atoms with Gasteiger partial charge in [0, 0.05) is 30.3 Å². The van der Waals surface area contributed by atoms with Crippen molar-refractivity contribution >= 4 is 0 Å². The second-order valence-electron chi connectivity index (χ2n) is 9.54. The van der Waals surface area contributed by atoms with Gasteiger partial charge in [0.1, 0.15) is 0 Å². The van der Waals surface area contributed by atoms with Crippen LogP contribution in [0, 0.1) is 5.92 Å². The number of fused-ring (bicyclic) bond motifs is 1. The van der Waals surface area contributed by atoms with Gasteiger partial charge in [-0.1, -0.05) is 20.8 Å². The van der Waals surface area contributed by atoms with Crippen molar-refractivity contribution in [3.8, 4) is 0 Å². The zero-order valence-corrected chi connectivity index (χ0v) is 17.5. The summed E-state index contributed by atoms with van der Waals surface area (Å²) in [5, 5.41) is 12.5. The van der Waals surface area contributed by atoms with Crippen molar-refractivity contribution in [2.24, 2.45) is 5.92 Å². The lowest BCUT2D eigenvalue weighted by atomic mass is 9.92. The number of aromatic nitrogens is 4. The number of nitrogens with zero attached hydrogens (tertiary/aromatic N) is 4. The van der Waals surface area contributed by atoms with Crippen molar-refractivity contribution in [1.29, 1.82) is 0 Å². The van der Waals surface area contributed by atoms with Gasteiger partial charge in [0.2, 0.25) is 0 Å². The van der Waals surface area contributed by atoms with Crippen LogP contribution in [0.2, 0.25) is 0 Å². The molecular weight excluding hydrogens is 350 g/mol. The summed E-state index contributed by atoms with van der Waals surface area (Å²) in [5.41, 5.74) is 5.04. The lowest BCUT2D eigenvalue weighted by Gasteiger charge is -2.32. The first kappa shape index (κ1) is 19.4. The first-order valence-electron chi connectivity index (χ1n) is 10.8. The second kappa shape index (κ2) is 7.82. The van der Waals surface area contributed by atoms with E-state index in [2.05, 4.69) is 41.0 Å². The van der Waals surface area contributed by atoms with Crippen LogP contribution in [0.1, 0.15) is 69.1 Å². The van der Waals surface area contributed by atoms with Crippen molar-refractivity contribution in [1.82, 2.24) is 24.9 Å². The molecule has 1 aliphatic carbocycles. The van der Waals surface area contributed by atoms with Crippen LogP contribution >= 0.6 is 0 Å². The van der Waals surface area contributed by atoms with E-state index >= 15 is 0 Å².